The molecule has 0 aromatic heterocycles. The summed E-state index contributed by atoms with van der Waals surface area (Å²) in [6, 6.07) is 0.636. The van der Waals surface area contributed by atoms with E-state index in [0.29, 0.717) is 14.8 Å². The quantitative estimate of drug-likeness (QED) is 0.316. The van der Waals surface area contributed by atoms with Crippen molar-refractivity contribution in [3.63, 3.8) is 0 Å². The first-order chi connectivity index (χ1) is 15.7. The van der Waals surface area contributed by atoms with Gasteiger partial charge < -0.3 is 20.8 Å². The SMILES string of the molecule is CN(C)c1cc(I)c(O)c2c1CC1CC3[C@H](N(C)C)C(=O)C(C(N)=O)C(=O)[C@@]3(O)C(=O)C1C2=O. The summed E-state index contributed by atoms with van der Waals surface area (Å²) in [4.78, 5) is 68.9. The number of amides is 1. The van der Waals surface area contributed by atoms with Crippen molar-refractivity contribution < 1.29 is 34.2 Å². The molecule has 2 fully saturated rings. The van der Waals surface area contributed by atoms with Crippen LogP contribution in [0.5, 0.6) is 5.75 Å². The molecule has 10 nitrogen and oxygen atoms in total. The predicted molar refractivity (Wildman–Crippen MR) is 128 cm³/mol. The fourth-order valence-corrected chi connectivity index (χ4v) is 6.58. The van der Waals surface area contributed by atoms with E-state index in [1.165, 1.54) is 4.90 Å². The van der Waals surface area contributed by atoms with E-state index in [4.69, 9.17) is 5.73 Å². The van der Waals surface area contributed by atoms with Gasteiger partial charge in [-0.1, -0.05) is 0 Å². The fraction of sp³-hybridized carbons (Fsp3) is 0.522. The normalized spacial score (nSPS) is 32.9. The van der Waals surface area contributed by atoms with Gasteiger partial charge in [-0.15, -0.1) is 0 Å². The van der Waals surface area contributed by atoms with Gasteiger partial charge in [-0.25, -0.2) is 0 Å². The summed E-state index contributed by atoms with van der Waals surface area (Å²) in [5, 5.41) is 22.3. The number of fused-ring (bicyclic) bond motifs is 3. The molecule has 4 rings (SSSR count). The largest absolute Gasteiger partial charge is 0.506 e. The number of aliphatic hydroxyl groups is 1. The van der Waals surface area contributed by atoms with Crippen LogP contribution in [0.4, 0.5) is 5.69 Å². The molecule has 2 saturated carbocycles. The first-order valence-corrected chi connectivity index (χ1v) is 11.9. The van der Waals surface area contributed by atoms with Gasteiger partial charge in [0.15, 0.2) is 34.7 Å². The Kier molecular flexibility index (Phi) is 5.89. The van der Waals surface area contributed by atoms with E-state index in [1.54, 1.807) is 34.3 Å². The molecule has 3 aliphatic carbocycles. The van der Waals surface area contributed by atoms with Crippen LogP contribution in [-0.2, 0) is 25.6 Å². The van der Waals surface area contributed by atoms with Gasteiger partial charge in [0.2, 0.25) is 5.91 Å². The molecule has 6 atom stereocenters. The molecule has 1 amide bonds. The Bertz CT molecular complexity index is 1160. The van der Waals surface area contributed by atoms with Crippen molar-refractivity contribution in [3.8, 4) is 5.75 Å². The minimum Gasteiger partial charge on any atom is -0.506 e. The Labute approximate surface area is 209 Å². The van der Waals surface area contributed by atoms with Crippen molar-refractivity contribution in [2.75, 3.05) is 33.1 Å². The van der Waals surface area contributed by atoms with Crippen LogP contribution in [0.3, 0.4) is 0 Å². The van der Waals surface area contributed by atoms with Crippen LogP contribution in [0.15, 0.2) is 6.07 Å². The van der Waals surface area contributed by atoms with Gasteiger partial charge in [0, 0.05) is 25.7 Å². The zero-order valence-electron chi connectivity index (χ0n) is 19.2. The van der Waals surface area contributed by atoms with Gasteiger partial charge in [-0.3, -0.25) is 28.9 Å². The van der Waals surface area contributed by atoms with E-state index in [9.17, 15) is 34.2 Å². The van der Waals surface area contributed by atoms with Crippen molar-refractivity contribution in [1.82, 2.24) is 4.90 Å². The molecule has 0 heterocycles. The van der Waals surface area contributed by atoms with Gasteiger partial charge in [0.25, 0.3) is 0 Å². The highest BCUT2D eigenvalue weighted by Crippen LogP contribution is 2.52. The Balaban J connectivity index is 1.91. The number of phenolic OH excluding ortho intramolecular Hbond substituents is 1. The second-order valence-corrected chi connectivity index (χ2v) is 10.9. The summed E-state index contributed by atoms with van der Waals surface area (Å²) in [5.41, 5.74) is 3.90. The third kappa shape index (κ3) is 3.16. The van der Waals surface area contributed by atoms with Gasteiger partial charge >= 0.3 is 0 Å². The first-order valence-electron chi connectivity index (χ1n) is 10.8. The highest BCUT2D eigenvalue weighted by molar-refractivity contribution is 14.1. The standard InChI is InChI=1S/C23H26IN3O7/c1-26(2)12-7-11(24)17(28)14-9(12)5-8-6-10-16(27(3)4)19(30)15(22(25)33)21(32)23(10,34)20(31)13(8)18(14)29/h7-8,10,13,15-16,28,34H,5-6H2,1-4H3,(H2,25,33)/t8?,10?,13?,15?,16-,23-/m0/s1. The molecule has 4 N–H and O–H groups in total. The van der Waals surface area contributed by atoms with Crippen molar-refractivity contribution >= 4 is 57.3 Å². The van der Waals surface area contributed by atoms with Crippen LogP contribution in [0, 0.1) is 27.2 Å². The van der Waals surface area contributed by atoms with E-state index in [1.807, 2.05) is 27.5 Å². The van der Waals surface area contributed by atoms with Crippen molar-refractivity contribution in [1.29, 1.82) is 0 Å². The van der Waals surface area contributed by atoms with Crippen LogP contribution >= 0.6 is 22.6 Å². The summed E-state index contributed by atoms with van der Waals surface area (Å²) in [6.07, 6.45) is 0.271. The summed E-state index contributed by atoms with van der Waals surface area (Å²) in [5.74, 6) is -10.3. The Morgan fingerprint density at radius 3 is 2.29 bits per heavy atom. The molecule has 1 aromatic rings. The molecule has 0 bridgehead atoms. The number of halogens is 1. The monoisotopic (exact) mass is 583 g/mol. The number of carbonyl (C=O) groups is 5. The number of ketones is 4. The van der Waals surface area contributed by atoms with Gasteiger partial charge in [0.1, 0.15) is 5.75 Å². The Morgan fingerprint density at radius 1 is 1.15 bits per heavy atom. The minimum atomic E-state index is -2.71. The van der Waals surface area contributed by atoms with Crippen LogP contribution in [0.1, 0.15) is 22.3 Å². The maximum atomic E-state index is 13.7. The lowest BCUT2D eigenvalue weighted by molar-refractivity contribution is -0.181. The molecular formula is C23H26IN3O7. The lowest BCUT2D eigenvalue weighted by Crippen LogP contribution is -2.74. The zero-order valence-corrected chi connectivity index (χ0v) is 21.3. The molecule has 11 heteroatoms. The first kappa shape index (κ1) is 24.7. The zero-order chi connectivity index (χ0) is 25.4. The number of hydrogen-bond donors (Lipinski definition) is 3. The lowest BCUT2D eigenvalue weighted by atomic mass is 9.52. The highest BCUT2D eigenvalue weighted by atomic mass is 127. The summed E-state index contributed by atoms with van der Waals surface area (Å²) < 4.78 is 0.424. The van der Waals surface area contributed by atoms with E-state index in [-0.39, 0.29) is 24.2 Å². The maximum Gasteiger partial charge on any atom is 0.235 e. The highest BCUT2D eigenvalue weighted by Gasteiger charge is 2.69. The number of anilines is 1. The molecular weight excluding hydrogens is 557 g/mol. The summed E-state index contributed by atoms with van der Waals surface area (Å²) in [7, 11) is 6.71. The number of benzene rings is 1. The topological polar surface area (TPSA) is 158 Å². The van der Waals surface area contributed by atoms with Gasteiger partial charge in [0.05, 0.1) is 21.1 Å². The van der Waals surface area contributed by atoms with Crippen molar-refractivity contribution in [2.24, 2.45) is 29.4 Å². The predicted octanol–water partition coefficient (Wildman–Crippen LogP) is -0.462. The second-order valence-electron chi connectivity index (χ2n) is 9.76. The van der Waals surface area contributed by atoms with Crippen LogP contribution < -0.4 is 10.6 Å². The number of Topliss-reactive ketones (excluding diaryl/α,β-unsaturated/α-hetero) is 4. The summed E-state index contributed by atoms with van der Waals surface area (Å²) >= 11 is 1.90. The smallest absolute Gasteiger partial charge is 0.235 e. The average Bonchev–Trinajstić information content (AvgIpc) is 2.72. The molecule has 0 aliphatic heterocycles. The molecule has 0 radical (unpaired) electrons. The van der Waals surface area contributed by atoms with Crippen LogP contribution in [0.25, 0.3) is 0 Å². The fourth-order valence-electron chi connectivity index (χ4n) is 6.02. The number of likely N-dealkylation sites (N-methyl/N-ethyl adjacent to an activating group) is 1. The number of rotatable bonds is 3. The third-order valence-corrected chi connectivity index (χ3v) is 8.30. The number of nitrogens with zero attached hydrogens (tertiary/aromatic N) is 2. The second kappa shape index (κ2) is 8.09. The number of phenols is 1. The third-order valence-electron chi connectivity index (χ3n) is 7.47. The van der Waals surface area contributed by atoms with Crippen molar-refractivity contribution in [3.05, 3.63) is 20.8 Å². The maximum absolute atomic E-state index is 13.7. The number of nitrogens with two attached hydrogens (primary N) is 1. The molecule has 4 unspecified atom stereocenters. The molecule has 3 aliphatic rings. The number of carbonyl (C=O) groups excluding carboxylic acids is 5. The van der Waals surface area contributed by atoms with E-state index in [0.717, 1.165) is 0 Å². The van der Waals surface area contributed by atoms with Crippen LogP contribution in [0.2, 0.25) is 0 Å². The number of hydrogen-bond acceptors (Lipinski definition) is 9. The Morgan fingerprint density at radius 2 is 1.76 bits per heavy atom. The number of aromatic hydroxyl groups is 1. The van der Waals surface area contributed by atoms with Gasteiger partial charge in [-0.2, -0.15) is 0 Å². The molecule has 1 aromatic carbocycles. The summed E-state index contributed by atoms with van der Waals surface area (Å²) in [6.45, 7) is 0. The average molecular weight is 583 g/mol. The molecule has 34 heavy (non-hydrogen) atoms. The van der Waals surface area contributed by atoms with Crippen LogP contribution in [-0.4, -0.2) is 84.0 Å². The molecule has 0 spiro atoms. The van der Waals surface area contributed by atoms with Crippen molar-refractivity contribution in [2.45, 2.75) is 24.5 Å². The van der Waals surface area contributed by atoms with E-state index in [2.05, 4.69) is 0 Å². The van der Waals surface area contributed by atoms with E-state index < -0.39 is 64.4 Å². The minimum absolute atomic E-state index is 0.00203. The molecule has 0 saturated heterocycles. The van der Waals surface area contributed by atoms with E-state index >= 15 is 0 Å². The number of primary amides is 1. The lowest BCUT2D eigenvalue weighted by Gasteiger charge is -2.52. The van der Waals surface area contributed by atoms with Gasteiger partial charge in [-0.05, 0) is 67.1 Å². The molecule has 182 valence electrons. The Hall–Kier alpha value is -2.38.